The highest BCUT2D eigenvalue weighted by Gasteiger charge is 2.23. The molecule has 0 spiro atoms. The van der Waals surface area contributed by atoms with Crippen molar-refractivity contribution in [1.29, 1.82) is 0 Å². The van der Waals surface area contributed by atoms with Gasteiger partial charge in [0.05, 0.1) is 11.1 Å². The van der Waals surface area contributed by atoms with Gasteiger partial charge in [-0.2, -0.15) is 0 Å². The van der Waals surface area contributed by atoms with E-state index in [4.69, 9.17) is 0 Å². The Morgan fingerprint density at radius 2 is 1.56 bits per heavy atom. The molecule has 0 atom stereocenters. The van der Waals surface area contributed by atoms with Crippen molar-refractivity contribution in [2.45, 2.75) is 40.0 Å². The molecule has 1 heterocycles. The Labute approximate surface area is 203 Å². The first-order valence-corrected chi connectivity index (χ1v) is 12.1. The van der Waals surface area contributed by atoms with Crippen LogP contribution in [0.15, 0.2) is 79.0 Å². The molecule has 176 valence electrons. The van der Waals surface area contributed by atoms with Crippen molar-refractivity contribution in [1.82, 2.24) is 9.47 Å². The van der Waals surface area contributed by atoms with Crippen LogP contribution in [0.4, 0.5) is 5.69 Å². The first kappa shape index (κ1) is 23.8. The van der Waals surface area contributed by atoms with E-state index in [-0.39, 0.29) is 11.3 Å². The van der Waals surface area contributed by atoms with Crippen LogP contribution >= 0.6 is 0 Å². The molecule has 34 heavy (non-hydrogen) atoms. The van der Waals surface area contributed by atoms with Crippen molar-refractivity contribution >= 4 is 22.5 Å². The number of carbonyl (C=O) groups excluding carboxylic acids is 1. The van der Waals surface area contributed by atoms with Gasteiger partial charge in [0.25, 0.3) is 5.91 Å². The fourth-order valence-electron chi connectivity index (χ4n) is 4.69. The third-order valence-electron chi connectivity index (χ3n) is 6.77. The third-order valence-corrected chi connectivity index (χ3v) is 6.77. The summed E-state index contributed by atoms with van der Waals surface area (Å²) in [6, 6.07) is 24.6. The van der Waals surface area contributed by atoms with Gasteiger partial charge in [0.1, 0.15) is 0 Å². The van der Waals surface area contributed by atoms with Crippen LogP contribution in [0.1, 0.15) is 49.2 Å². The highest BCUT2D eigenvalue weighted by atomic mass is 16.1. The van der Waals surface area contributed by atoms with Crippen molar-refractivity contribution in [3.8, 4) is 5.69 Å². The van der Waals surface area contributed by atoms with E-state index in [1.165, 1.54) is 5.56 Å². The molecule has 0 aliphatic rings. The number of fused-ring (bicyclic) bond motifs is 1. The summed E-state index contributed by atoms with van der Waals surface area (Å²) in [5.41, 5.74) is 6.06. The number of nitrogens with one attached hydrogen (secondary N) is 1. The predicted octanol–water partition coefficient (Wildman–Crippen LogP) is 6.81. The van der Waals surface area contributed by atoms with Crippen LogP contribution in [-0.4, -0.2) is 35.0 Å². The van der Waals surface area contributed by atoms with Crippen LogP contribution in [0.5, 0.6) is 0 Å². The molecule has 0 saturated carbocycles. The van der Waals surface area contributed by atoms with Crippen LogP contribution in [0.2, 0.25) is 0 Å². The Bertz CT molecular complexity index is 1280. The normalized spacial score (nSPS) is 11.8. The molecule has 4 rings (SSSR count). The minimum absolute atomic E-state index is 0.0372. The molecule has 0 bridgehead atoms. The van der Waals surface area contributed by atoms with Crippen LogP contribution in [-0.2, 0) is 5.41 Å². The average molecular weight is 454 g/mol. The summed E-state index contributed by atoms with van der Waals surface area (Å²) < 4.78 is 2.11. The number of hydrogen-bond acceptors (Lipinski definition) is 2. The van der Waals surface area contributed by atoms with Gasteiger partial charge in [0, 0.05) is 34.9 Å². The zero-order valence-electron chi connectivity index (χ0n) is 20.9. The Morgan fingerprint density at radius 1 is 0.912 bits per heavy atom. The number of nitrogens with zero attached hydrogens (tertiary/aromatic N) is 2. The number of benzene rings is 3. The number of para-hydroxylation sites is 2. The molecule has 0 fully saturated rings. The highest BCUT2D eigenvalue weighted by Crippen LogP contribution is 2.29. The van der Waals surface area contributed by atoms with E-state index in [9.17, 15) is 4.79 Å². The number of aryl methyl sites for hydroxylation is 1. The molecule has 1 amide bonds. The zero-order valence-corrected chi connectivity index (χ0v) is 20.9. The van der Waals surface area contributed by atoms with Gasteiger partial charge in [-0.1, -0.05) is 76.2 Å². The highest BCUT2D eigenvalue weighted by molar-refractivity contribution is 6.13. The number of anilines is 1. The summed E-state index contributed by atoms with van der Waals surface area (Å²) in [7, 11) is 0. The summed E-state index contributed by atoms with van der Waals surface area (Å²) in [4.78, 5) is 15.8. The van der Waals surface area contributed by atoms with E-state index < -0.39 is 0 Å². The van der Waals surface area contributed by atoms with Gasteiger partial charge in [-0.3, -0.25) is 4.79 Å². The van der Waals surface area contributed by atoms with Gasteiger partial charge in [-0.05, 0) is 55.4 Å². The minimum Gasteiger partial charge on any atom is -0.322 e. The third kappa shape index (κ3) is 4.78. The maximum atomic E-state index is 13.3. The molecular formula is C30H35N3O. The summed E-state index contributed by atoms with van der Waals surface area (Å²) in [6.45, 7) is 14.1. The number of aromatic nitrogens is 1. The van der Waals surface area contributed by atoms with Crippen molar-refractivity contribution in [3.05, 3.63) is 95.7 Å². The lowest BCUT2D eigenvalue weighted by molar-refractivity contribution is 0.102. The van der Waals surface area contributed by atoms with Crippen molar-refractivity contribution in [3.63, 3.8) is 0 Å². The number of amides is 1. The second-order valence-corrected chi connectivity index (χ2v) is 9.59. The first-order valence-electron chi connectivity index (χ1n) is 12.1. The number of carbonyl (C=O) groups is 1. The molecule has 0 unspecified atom stereocenters. The van der Waals surface area contributed by atoms with Crippen molar-refractivity contribution in [2.24, 2.45) is 0 Å². The molecule has 3 aromatic carbocycles. The standard InChI is InChI=1S/C30H35N3O/c1-6-32(7-2)21-30(4,5)23-16-18-24(19-17-23)31-29(34)26-20-33(27-14-10-8-12-22(27)3)28-15-11-9-13-25(26)28/h8-20H,6-7,21H2,1-5H3,(H,31,34). The monoisotopic (exact) mass is 453 g/mol. The van der Waals surface area contributed by atoms with Crippen LogP contribution < -0.4 is 5.32 Å². The molecule has 1 N–H and O–H groups in total. The molecule has 1 aromatic heterocycles. The molecule has 0 aliphatic heterocycles. The van der Waals surface area contributed by atoms with E-state index in [1.807, 2.05) is 48.7 Å². The first-order chi connectivity index (χ1) is 16.3. The SMILES string of the molecule is CCN(CC)CC(C)(C)c1ccc(NC(=O)c2cn(-c3ccccc3C)c3ccccc23)cc1. The Hall–Kier alpha value is -3.37. The maximum absolute atomic E-state index is 13.3. The zero-order chi connectivity index (χ0) is 24.3. The molecule has 4 aromatic rings. The van der Waals surface area contributed by atoms with Crippen molar-refractivity contribution in [2.75, 3.05) is 25.0 Å². The molecule has 4 nitrogen and oxygen atoms in total. The maximum Gasteiger partial charge on any atom is 0.257 e. The smallest absolute Gasteiger partial charge is 0.257 e. The minimum atomic E-state index is -0.0984. The summed E-state index contributed by atoms with van der Waals surface area (Å²) in [5.74, 6) is -0.0984. The second-order valence-electron chi connectivity index (χ2n) is 9.59. The fourth-order valence-corrected chi connectivity index (χ4v) is 4.69. The van der Waals surface area contributed by atoms with E-state index >= 15 is 0 Å². The van der Waals surface area contributed by atoms with E-state index in [1.54, 1.807) is 0 Å². The number of rotatable bonds is 8. The predicted molar refractivity (Wildman–Crippen MR) is 143 cm³/mol. The van der Waals surface area contributed by atoms with Gasteiger partial charge < -0.3 is 14.8 Å². The lowest BCUT2D eigenvalue weighted by Crippen LogP contribution is -2.36. The van der Waals surface area contributed by atoms with E-state index in [0.717, 1.165) is 47.5 Å². The fraction of sp³-hybridized carbons (Fsp3) is 0.300. The van der Waals surface area contributed by atoms with E-state index in [0.29, 0.717) is 5.56 Å². The van der Waals surface area contributed by atoms with E-state index in [2.05, 4.69) is 79.7 Å². The lowest BCUT2D eigenvalue weighted by atomic mass is 9.84. The van der Waals surface area contributed by atoms with Crippen molar-refractivity contribution < 1.29 is 4.79 Å². The van der Waals surface area contributed by atoms with Crippen LogP contribution in [0.25, 0.3) is 16.6 Å². The van der Waals surface area contributed by atoms with Crippen LogP contribution in [0.3, 0.4) is 0 Å². The van der Waals surface area contributed by atoms with Gasteiger partial charge in [0.2, 0.25) is 0 Å². The van der Waals surface area contributed by atoms with Gasteiger partial charge in [-0.15, -0.1) is 0 Å². The summed E-state index contributed by atoms with van der Waals surface area (Å²) >= 11 is 0. The van der Waals surface area contributed by atoms with Gasteiger partial charge >= 0.3 is 0 Å². The molecule has 0 aliphatic carbocycles. The quantitative estimate of drug-likeness (QED) is 0.318. The molecular weight excluding hydrogens is 418 g/mol. The molecule has 4 heteroatoms. The summed E-state index contributed by atoms with van der Waals surface area (Å²) in [5, 5.41) is 4.05. The second kappa shape index (κ2) is 9.86. The Balaban J connectivity index is 1.59. The van der Waals surface area contributed by atoms with Gasteiger partial charge in [0.15, 0.2) is 0 Å². The number of hydrogen-bond donors (Lipinski definition) is 1. The Kier molecular flexibility index (Phi) is 6.90. The summed E-state index contributed by atoms with van der Waals surface area (Å²) in [6.07, 6.45) is 1.95. The Morgan fingerprint density at radius 3 is 2.24 bits per heavy atom. The topological polar surface area (TPSA) is 37.3 Å². The molecule has 0 radical (unpaired) electrons. The average Bonchev–Trinajstić information content (AvgIpc) is 3.23. The molecule has 0 saturated heterocycles. The number of likely N-dealkylation sites (N-methyl/N-ethyl adjacent to an activating group) is 1. The van der Waals surface area contributed by atoms with Crippen LogP contribution in [0, 0.1) is 6.92 Å². The lowest BCUT2D eigenvalue weighted by Gasteiger charge is -2.32. The largest absolute Gasteiger partial charge is 0.322 e. The van der Waals surface area contributed by atoms with Gasteiger partial charge in [-0.25, -0.2) is 0 Å².